The van der Waals surface area contributed by atoms with Gasteiger partial charge in [0.2, 0.25) is 23.6 Å². The van der Waals surface area contributed by atoms with Gasteiger partial charge in [-0.25, -0.2) is 9.59 Å². The van der Waals surface area contributed by atoms with Crippen molar-refractivity contribution in [3.8, 4) is 0 Å². The van der Waals surface area contributed by atoms with Crippen molar-refractivity contribution in [3.63, 3.8) is 0 Å². The predicted molar refractivity (Wildman–Crippen MR) is 514 cm³/mol. The van der Waals surface area contributed by atoms with Crippen LogP contribution < -0.4 is 43.4 Å². The van der Waals surface area contributed by atoms with Gasteiger partial charge in [0, 0.05) is 12.8 Å². The van der Waals surface area contributed by atoms with Crippen LogP contribution in [-0.4, -0.2) is 329 Å². The maximum atomic E-state index is 12.4. The number of rotatable bonds is 42. The van der Waals surface area contributed by atoms with Crippen molar-refractivity contribution < 1.29 is 159 Å². The molecule has 44 heteroatoms. The molecule has 780 valence electrons. The molecular formula is C91H156Cl4N8O32. The van der Waals surface area contributed by atoms with Gasteiger partial charge in [-0.05, 0) is 159 Å². The Labute approximate surface area is 814 Å². The molecule has 4 heterocycles. The molecule has 0 aliphatic carbocycles. The molecule has 24 atom stereocenters. The lowest BCUT2D eigenvalue weighted by Crippen LogP contribution is -2.65. The molecule has 28 N–H and O–H groups in total. The highest BCUT2D eigenvalue weighted by atomic mass is 35.5. The summed E-state index contributed by atoms with van der Waals surface area (Å²) < 4.78 is 29.4. The number of unbranched alkanes of at least 4 members (excludes halogenated alkanes) is 2. The maximum Gasteiger partial charge on any atom is 0.408 e. The summed E-state index contributed by atoms with van der Waals surface area (Å²) in [5.41, 5.74) is 9.24. The van der Waals surface area contributed by atoms with Crippen LogP contribution in [0.3, 0.4) is 0 Å². The van der Waals surface area contributed by atoms with Crippen LogP contribution in [0, 0.1) is 0 Å². The molecule has 0 spiro atoms. The molecule has 0 aromatic carbocycles. The number of carbonyl (C=O) groups excluding carboxylic acids is 6. The third-order valence-corrected chi connectivity index (χ3v) is 18.3. The predicted octanol–water partition coefficient (Wildman–Crippen LogP) is 3.49. The number of nitrogens with two attached hydrogens (primary N) is 2. The number of halogens is 4. The van der Waals surface area contributed by atoms with Crippen molar-refractivity contribution >= 4 is 95.8 Å². The molecule has 0 radical (unpaired) electrons. The van der Waals surface area contributed by atoms with Crippen molar-refractivity contribution in [3.05, 3.63) is 146 Å². The Hall–Kier alpha value is -7.48. The molecule has 4 rings (SSSR count). The van der Waals surface area contributed by atoms with Gasteiger partial charge in [0.1, 0.15) is 121 Å². The highest BCUT2D eigenvalue weighted by Gasteiger charge is 2.48. The second-order valence-corrected chi connectivity index (χ2v) is 33.0. The first-order valence-corrected chi connectivity index (χ1v) is 45.0. The minimum Gasteiger partial charge on any atom is -0.481 e. The van der Waals surface area contributed by atoms with E-state index in [9.17, 15) is 94.5 Å². The number of nitrogens with one attached hydrogen (secondary N) is 6. The fourth-order valence-corrected chi connectivity index (χ4v) is 10.9. The van der Waals surface area contributed by atoms with E-state index in [0.717, 1.165) is 83.5 Å². The largest absolute Gasteiger partial charge is 0.481 e. The van der Waals surface area contributed by atoms with E-state index in [2.05, 4.69) is 185 Å². The Kier molecular flexibility index (Phi) is 80.9. The standard InChI is InChI=1S/C31H48N2O7.C22H32O2.C14H26N2O8.C9H18N2O6.C8H15NO4.C6H13NO5.CH2Cl2.2ClH/c1-3-4-5-6-7-8-9-10-11-12-13-14-15-16-17-18-19-20-21-22-26(35)32-24(2)30(38)33-27-29(37)28(36)25(23-34)40-31(27)39;1-2-3-4-5-6-7-8-9-10-11-12-13-14-15-16-17-18-19-20-21-22(23)24;1-6(15-13(22)24-14(2,3)4)11(20)16-8-10(19)9(18)7(5-17)23-12(8)21;1-3(10)8(15)11-5-7(14)6(13)4(2-12)17-9(5)16;1-5(6(10)11)9-7(12)13-8(2,3)4;7-3-5(10)4(9)2(1-8)12-6(3)11;2-1-3;;/h4-7,9-10,12-13,15-16,18-19,24-25,27-29,31,34,36-37,39H,3,8,11,14,17,20-23H2,1-2H3,(H,32,35)(H,33,38);3-6,8-9,11-12,14-15,17-18H,2,7,10,13,16,19-21H2,1H3,(H,23,24);6-10,12,17-19,21H,5H2,1-4H3,(H,15,22)(H,16,20);3-7,9,12-14,16H,2,10H2,1H3,(H,11,15);5H,1-4H3,(H,9,12)(H,10,11);2-6,8-11H,1,7H2;1H2;2*1H/b5-4-,7-6-,10-9-,13-12-,16-15-,19-18-;4-3-,6-5-,9-8-,12-11-,15-14-,18-17-;;;;;;;/t24-,25?,27?,28+,29-,31+;;6-,7?,8?,9+,10-,12+;3-,4?,5?,6+,7-,9+;5-;2?,3?,4-,5+,6-;;;/m0.0001.../s1. The number of carboxylic acids is 2. The number of aliphatic hydroxyl groups excluding tert-OH is 16. The number of aliphatic carboxylic acids is 2. The van der Waals surface area contributed by atoms with Crippen LogP contribution in [0.1, 0.15) is 186 Å². The Morgan fingerprint density at radius 3 is 0.919 bits per heavy atom. The number of alkyl halides is 2. The van der Waals surface area contributed by atoms with Gasteiger partial charge >= 0.3 is 24.1 Å². The average molecular weight is 2020 g/mol. The quantitative estimate of drug-likeness (QED) is 0.0180. The lowest BCUT2D eigenvalue weighted by Gasteiger charge is -2.40. The van der Waals surface area contributed by atoms with Crippen LogP contribution in [0.2, 0.25) is 0 Å². The molecule has 0 aromatic rings. The molecule has 0 bridgehead atoms. The number of carboxylic acid groups (broad SMARTS) is 2. The van der Waals surface area contributed by atoms with Crippen LogP contribution in [0.15, 0.2) is 146 Å². The van der Waals surface area contributed by atoms with Crippen LogP contribution in [0.4, 0.5) is 9.59 Å². The van der Waals surface area contributed by atoms with E-state index < -0.39 is 226 Å². The van der Waals surface area contributed by atoms with Crippen molar-refractivity contribution in [1.82, 2.24) is 31.9 Å². The summed E-state index contributed by atoms with van der Waals surface area (Å²) >= 11 is 9.53. The highest BCUT2D eigenvalue weighted by Crippen LogP contribution is 2.24. The second-order valence-electron chi connectivity index (χ2n) is 32.2. The number of carbonyl (C=O) groups is 8. The molecule has 135 heavy (non-hydrogen) atoms. The fraction of sp³-hybridized carbons (Fsp3) is 0.648. The van der Waals surface area contributed by atoms with Gasteiger partial charge in [0.15, 0.2) is 25.2 Å². The van der Waals surface area contributed by atoms with Gasteiger partial charge < -0.3 is 164 Å². The van der Waals surface area contributed by atoms with Gasteiger partial charge in [0.25, 0.3) is 0 Å². The zero-order chi connectivity index (χ0) is 102. The number of hydrogen-bond donors (Lipinski definition) is 26. The summed E-state index contributed by atoms with van der Waals surface area (Å²) in [6.07, 6.45) is 40.6. The zero-order valence-corrected chi connectivity index (χ0v) is 82.2. The van der Waals surface area contributed by atoms with Crippen LogP contribution in [0.25, 0.3) is 0 Å². The molecule has 8 unspecified atom stereocenters. The first-order valence-electron chi connectivity index (χ1n) is 44.0. The summed E-state index contributed by atoms with van der Waals surface area (Å²) in [7, 11) is 0. The smallest absolute Gasteiger partial charge is 0.408 e. The zero-order valence-electron chi connectivity index (χ0n) is 79.1. The van der Waals surface area contributed by atoms with Crippen molar-refractivity contribution in [1.29, 1.82) is 0 Å². The normalized spacial score (nSPS) is 26.1. The summed E-state index contributed by atoms with van der Waals surface area (Å²) in [5.74, 6) is -4.05. The Morgan fingerprint density at radius 1 is 0.378 bits per heavy atom. The first-order chi connectivity index (χ1) is 62.6. The molecule has 4 aliphatic rings. The molecule has 4 fully saturated rings. The molecule has 0 aromatic heterocycles. The van der Waals surface area contributed by atoms with Crippen molar-refractivity contribution in [2.75, 3.05) is 31.8 Å². The summed E-state index contributed by atoms with van der Waals surface area (Å²) in [6.45, 7) is 17.8. The SMILES string of the molecule is CC/C=C\C=C/C/C=C\C/C=C\C/C=C\C/C=C\CCCC(=O)N[C@@H](C)C(=O)NC1[C@H](O)OC(CO)[C@@H](O)[C@H]1O.CC/C=C\C=C/C/C=C\C/C=C\C/C=C\C/C=C\CCCC(=O)O.C[C@H](N)C(=O)NC1[C@H](O)OC(CO)[C@@H](O)[C@H]1O.C[C@H](NC(=O)OC(C)(C)C)C(=O)NC1[C@H](O)OC(CO)[C@@H](O)[C@H]1O.C[C@H](NC(=O)OC(C)(C)C)C(=O)O.Cl.Cl.ClCCl.NC1[C@H](O)OC(CO)[C@@H](O)[C@H]1O. The topological polar surface area (TPSA) is 680 Å². The van der Waals surface area contributed by atoms with Gasteiger partial charge in [-0.1, -0.05) is 160 Å². The molecule has 6 amide bonds. The lowest BCUT2D eigenvalue weighted by atomic mass is 9.97. The van der Waals surface area contributed by atoms with Gasteiger partial charge in [-0.2, -0.15) is 0 Å². The summed E-state index contributed by atoms with van der Waals surface area (Å²) in [5, 5.41) is 182. The first kappa shape index (κ1) is 136. The second kappa shape index (κ2) is 80.3. The molecule has 4 saturated heterocycles. The summed E-state index contributed by atoms with van der Waals surface area (Å²) in [6, 6.07) is -8.54. The Morgan fingerprint density at radius 2 is 0.637 bits per heavy atom. The van der Waals surface area contributed by atoms with E-state index in [0.29, 0.717) is 6.42 Å². The minimum atomic E-state index is -1.63. The number of hydrogen-bond acceptors (Lipinski definition) is 32. The molecule has 40 nitrogen and oxygen atoms in total. The van der Waals surface area contributed by atoms with E-state index >= 15 is 0 Å². The van der Waals surface area contributed by atoms with E-state index in [4.69, 9.17) is 98.8 Å². The molecule has 0 saturated carbocycles. The Bertz CT molecular complexity index is 3580. The van der Waals surface area contributed by atoms with E-state index in [1.165, 1.54) is 27.7 Å². The van der Waals surface area contributed by atoms with E-state index in [1.54, 1.807) is 41.5 Å². The van der Waals surface area contributed by atoms with E-state index in [-0.39, 0.29) is 48.9 Å². The lowest BCUT2D eigenvalue weighted by molar-refractivity contribution is -0.254. The average Bonchev–Trinajstić information content (AvgIpc) is 0.824. The van der Waals surface area contributed by atoms with Gasteiger partial charge in [-0.3, -0.25) is 28.8 Å². The number of ether oxygens (including phenoxy) is 6. The van der Waals surface area contributed by atoms with Gasteiger partial charge in [0.05, 0.1) is 43.9 Å². The Balaban J connectivity index is -0.000000520. The van der Waals surface area contributed by atoms with Crippen LogP contribution >= 0.6 is 48.0 Å². The third-order valence-electron chi connectivity index (χ3n) is 18.3. The number of alkyl carbamates (subject to hydrolysis) is 2. The van der Waals surface area contributed by atoms with Crippen LogP contribution in [-0.2, 0) is 57.2 Å². The minimum absolute atomic E-state index is 0. The van der Waals surface area contributed by atoms with E-state index in [1.807, 2.05) is 6.08 Å². The van der Waals surface area contributed by atoms with Gasteiger partial charge in [-0.15, -0.1) is 48.0 Å². The van der Waals surface area contributed by atoms with Crippen molar-refractivity contribution in [2.24, 2.45) is 11.5 Å². The monoisotopic (exact) mass is 2010 g/mol. The van der Waals surface area contributed by atoms with Crippen molar-refractivity contribution in [2.45, 2.75) is 344 Å². The number of amides is 6. The highest BCUT2D eigenvalue weighted by molar-refractivity contribution is 6.40. The fourth-order valence-electron chi connectivity index (χ4n) is 10.9. The summed E-state index contributed by atoms with van der Waals surface area (Å²) in [4.78, 5) is 91.2. The number of aliphatic hydroxyl groups is 16. The third kappa shape index (κ3) is 65.9. The maximum absolute atomic E-state index is 12.4. The van der Waals surface area contributed by atoms with Crippen LogP contribution in [0.5, 0.6) is 0 Å². The molecule has 4 aliphatic heterocycles. The number of allylic oxidation sites excluding steroid dienone is 24. The molecular weight excluding hydrogens is 1860 g/mol.